The molecule has 4 heteroatoms. The van der Waals surface area contributed by atoms with Crippen LogP contribution in [0.25, 0.3) is 0 Å². The van der Waals surface area contributed by atoms with E-state index in [0.29, 0.717) is 0 Å². The number of nitrogens with one attached hydrogen (secondary N) is 1. The Balaban J connectivity index is 2.07. The van der Waals surface area contributed by atoms with E-state index in [-0.39, 0.29) is 11.2 Å². The van der Waals surface area contributed by atoms with Gasteiger partial charge in [0, 0.05) is 10.1 Å². The van der Waals surface area contributed by atoms with Crippen molar-refractivity contribution in [3.05, 3.63) is 60.2 Å². The van der Waals surface area contributed by atoms with E-state index in [1.165, 1.54) is 0 Å². The van der Waals surface area contributed by atoms with Crippen molar-refractivity contribution in [1.82, 2.24) is 0 Å². The first-order valence-corrected chi connectivity index (χ1v) is 7.84. The van der Waals surface area contributed by atoms with Gasteiger partial charge in [0.1, 0.15) is 0 Å². The van der Waals surface area contributed by atoms with Gasteiger partial charge in [-0.05, 0) is 24.6 Å². The van der Waals surface area contributed by atoms with Crippen molar-refractivity contribution < 1.29 is 9.90 Å². The van der Waals surface area contributed by atoms with Crippen LogP contribution in [0, 0.1) is 5.92 Å². The third-order valence-electron chi connectivity index (χ3n) is 3.68. The predicted octanol–water partition coefficient (Wildman–Crippen LogP) is 3.47. The topological polar surface area (TPSA) is 49.3 Å². The summed E-state index contributed by atoms with van der Waals surface area (Å²) in [6.45, 7) is 1.68. The maximum Gasteiger partial charge on any atom is 0.231 e. The van der Waals surface area contributed by atoms with Gasteiger partial charge in [0.15, 0.2) is 0 Å². The summed E-state index contributed by atoms with van der Waals surface area (Å²) >= 11 is 1.63. The van der Waals surface area contributed by atoms with Gasteiger partial charge >= 0.3 is 0 Å². The van der Waals surface area contributed by atoms with E-state index in [0.717, 1.165) is 16.1 Å². The number of thioether (sulfide) groups is 1. The molecule has 21 heavy (non-hydrogen) atoms. The number of aliphatic hydroxyl groups excluding tert-OH is 1. The quantitative estimate of drug-likeness (QED) is 0.892. The average molecular weight is 299 g/mol. The van der Waals surface area contributed by atoms with Crippen LogP contribution in [0.1, 0.15) is 17.7 Å². The van der Waals surface area contributed by atoms with Crippen molar-refractivity contribution in [3.63, 3.8) is 0 Å². The Morgan fingerprint density at radius 3 is 2.48 bits per heavy atom. The van der Waals surface area contributed by atoms with Gasteiger partial charge in [-0.1, -0.05) is 42.5 Å². The second-order valence-corrected chi connectivity index (χ2v) is 6.38. The molecule has 1 amide bonds. The van der Waals surface area contributed by atoms with Crippen LogP contribution in [0.2, 0.25) is 0 Å². The minimum absolute atomic E-state index is 0.102. The lowest BCUT2D eigenvalue weighted by atomic mass is 9.93. The molecular weight excluding hydrogens is 282 g/mol. The zero-order chi connectivity index (χ0) is 14.8. The first-order valence-electron chi connectivity index (χ1n) is 6.96. The first kappa shape index (κ1) is 14.2. The van der Waals surface area contributed by atoms with E-state index in [9.17, 15) is 9.90 Å². The van der Waals surface area contributed by atoms with E-state index in [1.54, 1.807) is 18.7 Å². The summed E-state index contributed by atoms with van der Waals surface area (Å²) in [5, 5.41) is 12.9. The highest BCUT2D eigenvalue weighted by Crippen LogP contribution is 2.47. The molecule has 2 aromatic carbocycles. The van der Waals surface area contributed by atoms with Crippen LogP contribution in [0.4, 0.5) is 5.69 Å². The number of amides is 1. The maximum atomic E-state index is 12.5. The Morgan fingerprint density at radius 2 is 1.76 bits per heavy atom. The van der Waals surface area contributed by atoms with Gasteiger partial charge in [0.05, 0.1) is 17.7 Å². The molecule has 108 valence electrons. The van der Waals surface area contributed by atoms with Crippen molar-refractivity contribution in [2.45, 2.75) is 23.2 Å². The van der Waals surface area contributed by atoms with E-state index >= 15 is 0 Å². The van der Waals surface area contributed by atoms with Crippen LogP contribution in [-0.2, 0) is 4.79 Å². The minimum atomic E-state index is -0.711. The molecule has 3 rings (SSSR count). The van der Waals surface area contributed by atoms with Crippen molar-refractivity contribution >= 4 is 23.4 Å². The van der Waals surface area contributed by atoms with Gasteiger partial charge in [-0.2, -0.15) is 0 Å². The molecule has 1 aliphatic heterocycles. The molecule has 0 fully saturated rings. The van der Waals surface area contributed by atoms with Gasteiger partial charge in [0.2, 0.25) is 5.91 Å². The third kappa shape index (κ3) is 2.82. The zero-order valence-electron chi connectivity index (χ0n) is 11.7. The number of fused-ring (bicyclic) bond motifs is 1. The summed E-state index contributed by atoms with van der Waals surface area (Å²) in [7, 11) is 0. The molecule has 0 saturated heterocycles. The highest BCUT2D eigenvalue weighted by molar-refractivity contribution is 7.99. The Bertz CT molecular complexity index is 642. The van der Waals surface area contributed by atoms with E-state index < -0.39 is 12.0 Å². The van der Waals surface area contributed by atoms with Gasteiger partial charge < -0.3 is 10.4 Å². The van der Waals surface area contributed by atoms with Gasteiger partial charge in [-0.25, -0.2) is 0 Å². The third-order valence-corrected chi connectivity index (χ3v) is 5.10. The summed E-state index contributed by atoms with van der Waals surface area (Å²) < 4.78 is 0. The normalized spacial score (nSPS) is 22.9. The number of hydrogen-bond donors (Lipinski definition) is 2. The van der Waals surface area contributed by atoms with Crippen molar-refractivity contribution in [3.8, 4) is 0 Å². The number of carbonyl (C=O) groups excluding carboxylic acids is 1. The van der Waals surface area contributed by atoms with Crippen LogP contribution >= 0.6 is 11.8 Å². The summed E-state index contributed by atoms with van der Waals surface area (Å²) in [6, 6.07) is 17.7. The fourth-order valence-corrected chi connectivity index (χ4v) is 4.09. The molecule has 0 spiro atoms. The molecule has 0 radical (unpaired) electrons. The second-order valence-electron chi connectivity index (χ2n) is 5.20. The highest BCUT2D eigenvalue weighted by Gasteiger charge is 2.37. The molecule has 0 aromatic heterocycles. The van der Waals surface area contributed by atoms with E-state index in [2.05, 4.69) is 5.32 Å². The molecule has 0 aliphatic carbocycles. The molecule has 0 bridgehead atoms. The van der Waals surface area contributed by atoms with Crippen molar-refractivity contribution in [2.24, 2.45) is 5.92 Å². The fraction of sp³-hybridized carbons (Fsp3) is 0.235. The summed E-state index contributed by atoms with van der Waals surface area (Å²) in [5.41, 5.74) is 1.87. The fourth-order valence-electron chi connectivity index (χ4n) is 2.63. The van der Waals surface area contributed by atoms with Crippen molar-refractivity contribution in [1.29, 1.82) is 0 Å². The zero-order valence-corrected chi connectivity index (χ0v) is 12.5. The molecule has 0 unspecified atom stereocenters. The molecular formula is C17H17NO2S. The van der Waals surface area contributed by atoms with Gasteiger partial charge in [-0.15, -0.1) is 11.8 Å². The molecule has 3 nitrogen and oxygen atoms in total. The SMILES string of the molecule is C[C@@H](O)[C@@H]1C(=O)Nc2ccccc2S[C@H]1c1ccccc1. The summed E-state index contributed by atoms with van der Waals surface area (Å²) in [4.78, 5) is 13.5. The Kier molecular flexibility index (Phi) is 3.99. The smallest absolute Gasteiger partial charge is 0.231 e. The summed E-state index contributed by atoms with van der Waals surface area (Å²) in [6.07, 6.45) is -0.711. The van der Waals surface area contributed by atoms with Crippen LogP contribution in [0.5, 0.6) is 0 Å². The lowest BCUT2D eigenvalue weighted by Gasteiger charge is -2.25. The number of hydrogen-bond acceptors (Lipinski definition) is 3. The molecule has 2 N–H and O–H groups in total. The van der Waals surface area contributed by atoms with Crippen LogP contribution in [0.15, 0.2) is 59.5 Å². The number of aliphatic hydroxyl groups is 1. The van der Waals surface area contributed by atoms with Gasteiger partial charge in [-0.3, -0.25) is 4.79 Å². The van der Waals surface area contributed by atoms with Gasteiger partial charge in [0.25, 0.3) is 0 Å². The average Bonchev–Trinajstić information content (AvgIpc) is 2.63. The predicted molar refractivity (Wildman–Crippen MR) is 85.3 cm³/mol. The van der Waals surface area contributed by atoms with Crippen LogP contribution < -0.4 is 5.32 Å². The monoisotopic (exact) mass is 299 g/mol. The van der Waals surface area contributed by atoms with E-state index in [4.69, 9.17) is 0 Å². The number of anilines is 1. The Labute approximate surface area is 128 Å². The van der Waals surface area contributed by atoms with E-state index in [1.807, 2.05) is 54.6 Å². The largest absolute Gasteiger partial charge is 0.393 e. The molecule has 2 aromatic rings. The van der Waals surface area contributed by atoms with Crippen LogP contribution in [0.3, 0.4) is 0 Å². The Hall–Kier alpha value is -1.78. The molecule has 1 heterocycles. The molecule has 3 atom stereocenters. The second kappa shape index (κ2) is 5.92. The van der Waals surface area contributed by atoms with Crippen molar-refractivity contribution in [2.75, 3.05) is 5.32 Å². The standard InChI is InChI=1S/C17H17NO2S/c1-11(19)15-16(12-7-3-2-4-8-12)21-14-10-6-5-9-13(14)18-17(15)20/h2-11,15-16,19H,1H3,(H,18,20)/t11-,15+,16+/m1/s1. The highest BCUT2D eigenvalue weighted by atomic mass is 32.2. The maximum absolute atomic E-state index is 12.5. The number of para-hydroxylation sites is 1. The minimum Gasteiger partial charge on any atom is -0.393 e. The summed E-state index contributed by atoms with van der Waals surface area (Å²) in [5.74, 6) is -0.610. The lowest BCUT2D eigenvalue weighted by Crippen LogP contribution is -2.33. The first-order chi connectivity index (χ1) is 10.2. The molecule has 0 saturated carbocycles. The number of rotatable bonds is 2. The lowest BCUT2D eigenvalue weighted by molar-refractivity contribution is -0.122. The molecule has 1 aliphatic rings. The Morgan fingerprint density at radius 1 is 1.10 bits per heavy atom. The number of benzene rings is 2. The van der Waals surface area contributed by atoms with Crippen LogP contribution in [-0.4, -0.2) is 17.1 Å². The number of carbonyl (C=O) groups is 1.